The first-order valence-electron chi connectivity index (χ1n) is 4.47. The highest BCUT2D eigenvalue weighted by atomic mass is 35.5. The quantitative estimate of drug-likeness (QED) is 0.781. The molecule has 4 heteroatoms. The number of carbonyl (C=O) groups excluding carboxylic acids is 1. The third-order valence-electron chi connectivity index (χ3n) is 2.03. The van der Waals surface area contributed by atoms with Gasteiger partial charge in [-0.2, -0.15) is 0 Å². The summed E-state index contributed by atoms with van der Waals surface area (Å²) in [5, 5.41) is 0.146. The van der Waals surface area contributed by atoms with Gasteiger partial charge in [-0.25, -0.2) is 8.78 Å². The minimum atomic E-state index is -1.89. The van der Waals surface area contributed by atoms with Gasteiger partial charge in [0.1, 0.15) is 5.82 Å². The molecule has 82 valence electrons. The van der Waals surface area contributed by atoms with Crippen molar-refractivity contribution in [3.8, 4) is 0 Å². The number of hydrogen-bond donors (Lipinski definition) is 0. The number of benzene rings is 1. The van der Waals surface area contributed by atoms with Gasteiger partial charge in [0.2, 0.25) is 0 Å². The van der Waals surface area contributed by atoms with Crippen LogP contribution in [-0.4, -0.2) is 11.5 Å². The molecule has 0 aromatic heterocycles. The summed E-state index contributed by atoms with van der Waals surface area (Å²) in [6, 6.07) is 3.69. The molecule has 1 aromatic carbocycles. The second-order valence-corrected chi connectivity index (χ2v) is 4.22. The molecule has 0 saturated heterocycles. The second kappa shape index (κ2) is 4.27. The van der Waals surface area contributed by atoms with Crippen LogP contribution in [0.15, 0.2) is 18.2 Å². The summed E-state index contributed by atoms with van der Waals surface area (Å²) >= 11 is 5.71. The summed E-state index contributed by atoms with van der Waals surface area (Å²) in [6.45, 7) is 2.37. The molecule has 0 fully saturated rings. The molecule has 0 N–H and O–H groups in total. The maximum atomic E-state index is 13.2. The van der Waals surface area contributed by atoms with Crippen LogP contribution in [0.25, 0.3) is 0 Å². The zero-order valence-electron chi connectivity index (χ0n) is 8.48. The Morgan fingerprint density at radius 3 is 2.53 bits per heavy atom. The zero-order chi connectivity index (χ0) is 11.6. The summed E-state index contributed by atoms with van der Waals surface area (Å²) in [5.41, 5.74) is -1.45. The number of Topliss-reactive ketones (excluding diaryl/α,β-unsaturated/α-hetero) is 1. The van der Waals surface area contributed by atoms with E-state index < -0.39 is 17.3 Å². The molecule has 0 aliphatic carbocycles. The van der Waals surface area contributed by atoms with Crippen LogP contribution >= 0.6 is 11.6 Å². The SMILES string of the molecule is CC(C)(F)C(=O)Cc1ccc(F)cc1Cl. The molecule has 1 aromatic rings. The van der Waals surface area contributed by atoms with Crippen molar-refractivity contribution in [3.63, 3.8) is 0 Å². The monoisotopic (exact) mass is 232 g/mol. The maximum Gasteiger partial charge on any atom is 0.173 e. The van der Waals surface area contributed by atoms with Crippen LogP contribution in [-0.2, 0) is 11.2 Å². The van der Waals surface area contributed by atoms with Gasteiger partial charge in [-0.1, -0.05) is 17.7 Å². The van der Waals surface area contributed by atoms with Gasteiger partial charge in [0.05, 0.1) is 0 Å². The molecule has 0 heterocycles. The van der Waals surface area contributed by atoms with Crippen molar-refractivity contribution in [2.24, 2.45) is 0 Å². The van der Waals surface area contributed by atoms with Gasteiger partial charge in [0.15, 0.2) is 11.5 Å². The lowest BCUT2D eigenvalue weighted by Gasteiger charge is -2.12. The molecular weight excluding hydrogens is 222 g/mol. The third-order valence-corrected chi connectivity index (χ3v) is 2.38. The fraction of sp³-hybridized carbons (Fsp3) is 0.364. The van der Waals surface area contributed by atoms with Crippen LogP contribution < -0.4 is 0 Å². The molecular formula is C11H11ClF2O. The first-order chi connectivity index (χ1) is 6.80. The van der Waals surface area contributed by atoms with E-state index in [-0.39, 0.29) is 11.4 Å². The lowest BCUT2D eigenvalue weighted by molar-refractivity contribution is -0.127. The maximum absolute atomic E-state index is 13.2. The van der Waals surface area contributed by atoms with E-state index in [0.29, 0.717) is 5.56 Å². The van der Waals surface area contributed by atoms with Gasteiger partial charge in [-0.15, -0.1) is 0 Å². The Hall–Kier alpha value is -0.960. The Kier molecular flexibility index (Phi) is 3.45. The standard InChI is InChI=1S/C11H11ClF2O/c1-11(2,14)10(15)5-7-3-4-8(13)6-9(7)12/h3-4,6H,5H2,1-2H3. The Morgan fingerprint density at radius 2 is 2.07 bits per heavy atom. The van der Waals surface area contributed by atoms with Gasteiger partial charge in [-0.05, 0) is 31.5 Å². The first-order valence-corrected chi connectivity index (χ1v) is 4.84. The smallest absolute Gasteiger partial charge is 0.173 e. The highest BCUT2D eigenvalue weighted by Crippen LogP contribution is 2.21. The van der Waals surface area contributed by atoms with Crippen molar-refractivity contribution in [2.45, 2.75) is 25.9 Å². The molecule has 0 unspecified atom stereocenters. The average Bonchev–Trinajstić information content (AvgIpc) is 2.08. The van der Waals surface area contributed by atoms with Gasteiger partial charge in [0, 0.05) is 11.4 Å². The number of carbonyl (C=O) groups is 1. The van der Waals surface area contributed by atoms with Crippen molar-refractivity contribution < 1.29 is 13.6 Å². The first kappa shape index (κ1) is 12.1. The minimum Gasteiger partial charge on any atom is -0.296 e. The van der Waals surface area contributed by atoms with E-state index in [1.54, 1.807) is 0 Å². The second-order valence-electron chi connectivity index (χ2n) is 3.81. The van der Waals surface area contributed by atoms with Crippen molar-refractivity contribution in [3.05, 3.63) is 34.6 Å². The van der Waals surface area contributed by atoms with E-state index in [0.717, 1.165) is 6.07 Å². The zero-order valence-corrected chi connectivity index (χ0v) is 9.24. The lowest BCUT2D eigenvalue weighted by atomic mass is 9.99. The van der Waals surface area contributed by atoms with E-state index in [2.05, 4.69) is 0 Å². The van der Waals surface area contributed by atoms with Crippen LogP contribution in [0.3, 0.4) is 0 Å². The number of ketones is 1. The van der Waals surface area contributed by atoms with E-state index in [1.165, 1.54) is 26.0 Å². The average molecular weight is 233 g/mol. The van der Waals surface area contributed by atoms with E-state index in [9.17, 15) is 13.6 Å². The van der Waals surface area contributed by atoms with Crippen molar-refractivity contribution in [1.82, 2.24) is 0 Å². The lowest BCUT2D eigenvalue weighted by Crippen LogP contribution is -2.27. The van der Waals surface area contributed by atoms with Crippen LogP contribution in [0.1, 0.15) is 19.4 Å². The molecule has 0 aliphatic heterocycles. The summed E-state index contributed by atoms with van der Waals surface area (Å²) in [4.78, 5) is 11.3. The van der Waals surface area contributed by atoms with Crippen LogP contribution in [0.5, 0.6) is 0 Å². The molecule has 0 spiro atoms. The van der Waals surface area contributed by atoms with Crippen LogP contribution in [0.4, 0.5) is 8.78 Å². The highest BCUT2D eigenvalue weighted by molar-refractivity contribution is 6.31. The summed E-state index contributed by atoms with van der Waals surface area (Å²) < 4.78 is 25.9. The molecule has 0 atom stereocenters. The van der Waals surface area contributed by atoms with Gasteiger partial charge < -0.3 is 0 Å². The number of rotatable bonds is 3. The summed E-state index contributed by atoms with van der Waals surface area (Å²) in [6.07, 6.45) is -0.122. The predicted octanol–water partition coefficient (Wildman–Crippen LogP) is 3.34. The Bertz CT molecular complexity index is 383. The van der Waals surface area contributed by atoms with Gasteiger partial charge >= 0.3 is 0 Å². The third kappa shape index (κ3) is 3.27. The van der Waals surface area contributed by atoms with Crippen molar-refractivity contribution in [2.75, 3.05) is 0 Å². The summed E-state index contributed by atoms with van der Waals surface area (Å²) in [7, 11) is 0. The highest BCUT2D eigenvalue weighted by Gasteiger charge is 2.26. The molecule has 1 rings (SSSR count). The fourth-order valence-corrected chi connectivity index (χ4v) is 1.28. The fourth-order valence-electron chi connectivity index (χ4n) is 1.05. The van der Waals surface area contributed by atoms with Gasteiger partial charge in [-0.3, -0.25) is 4.79 Å². The Balaban J connectivity index is 2.87. The van der Waals surface area contributed by atoms with Crippen molar-refractivity contribution >= 4 is 17.4 Å². The number of halogens is 3. The molecule has 0 radical (unpaired) electrons. The van der Waals surface area contributed by atoms with Gasteiger partial charge in [0.25, 0.3) is 0 Å². The number of alkyl halides is 1. The Morgan fingerprint density at radius 1 is 1.47 bits per heavy atom. The van der Waals surface area contributed by atoms with E-state index >= 15 is 0 Å². The predicted molar refractivity (Wildman–Crippen MR) is 55.3 cm³/mol. The molecule has 15 heavy (non-hydrogen) atoms. The molecule has 0 bridgehead atoms. The van der Waals surface area contributed by atoms with E-state index in [4.69, 9.17) is 11.6 Å². The van der Waals surface area contributed by atoms with E-state index in [1.807, 2.05) is 0 Å². The molecule has 0 amide bonds. The molecule has 0 saturated carbocycles. The summed E-state index contributed by atoms with van der Waals surface area (Å²) in [5.74, 6) is -1.05. The number of hydrogen-bond acceptors (Lipinski definition) is 1. The normalized spacial score (nSPS) is 11.5. The Labute approximate surface area is 92.1 Å². The molecule has 1 nitrogen and oxygen atoms in total. The van der Waals surface area contributed by atoms with Crippen molar-refractivity contribution in [1.29, 1.82) is 0 Å². The minimum absolute atomic E-state index is 0.122. The van der Waals surface area contributed by atoms with Crippen LogP contribution in [0.2, 0.25) is 5.02 Å². The topological polar surface area (TPSA) is 17.1 Å². The molecule has 0 aliphatic rings. The largest absolute Gasteiger partial charge is 0.296 e. The van der Waals surface area contributed by atoms with Crippen LogP contribution in [0, 0.1) is 5.82 Å².